The minimum absolute atomic E-state index is 0.0671. The first-order chi connectivity index (χ1) is 10.6. The zero-order valence-electron chi connectivity index (χ0n) is 13.4. The van der Waals surface area contributed by atoms with Crippen molar-refractivity contribution < 1.29 is 14.7 Å². The summed E-state index contributed by atoms with van der Waals surface area (Å²) in [5.41, 5.74) is -0.289. The fraction of sp³-hybridized carbons (Fsp3) is 0.882. The average Bonchev–Trinajstić information content (AvgIpc) is 2.88. The first kappa shape index (κ1) is 15.8. The van der Waals surface area contributed by atoms with Gasteiger partial charge in [-0.25, -0.2) is 0 Å². The van der Waals surface area contributed by atoms with Gasteiger partial charge >= 0.3 is 5.97 Å². The molecular formula is C17H28N2O3. The normalized spacial score (nSPS) is 31.1. The molecule has 0 bridgehead atoms. The highest BCUT2D eigenvalue weighted by molar-refractivity contribution is 5.84. The van der Waals surface area contributed by atoms with E-state index in [0.29, 0.717) is 18.4 Å². The largest absolute Gasteiger partial charge is 0.480 e. The Kier molecular flexibility index (Phi) is 4.71. The van der Waals surface area contributed by atoms with E-state index in [-0.39, 0.29) is 12.0 Å². The van der Waals surface area contributed by atoms with Gasteiger partial charge in [0.1, 0.15) is 0 Å². The summed E-state index contributed by atoms with van der Waals surface area (Å²) in [4.78, 5) is 27.9. The number of carboxylic acid groups (broad SMARTS) is 1. The molecule has 1 atom stereocenters. The molecule has 1 amide bonds. The molecule has 22 heavy (non-hydrogen) atoms. The lowest BCUT2D eigenvalue weighted by Crippen LogP contribution is -2.51. The summed E-state index contributed by atoms with van der Waals surface area (Å²) in [6.45, 7) is 3.28. The molecule has 3 aliphatic rings. The number of amides is 1. The number of nitrogens with zero attached hydrogens (tertiary/aromatic N) is 2. The van der Waals surface area contributed by atoms with E-state index in [2.05, 4.69) is 4.90 Å². The summed E-state index contributed by atoms with van der Waals surface area (Å²) in [7, 11) is 0. The molecule has 3 fully saturated rings. The molecule has 0 unspecified atom stereocenters. The Morgan fingerprint density at radius 1 is 1.14 bits per heavy atom. The zero-order valence-corrected chi connectivity index (χ0v) is 13.4. The number of hydrogen-bond donors (Lipinski definition) is 1. The molecule has 5 nitrogen and oxygen atoms in total. The second-order valence-electron chi connectivity index (χ2n) is 7.49. The maximum atomic E-state index is 13.0. The quantitative estimate of drug-likeness (QED) is 0.862. The lowest BCUT2D eigenvalue weighted by molar-refractivity contribution is -0.147. The first-order valence-corrected chi connectivity index (χ1v) is 8.83. The van der Waals surface area contributed by atoms with Crippen molar-refractivity contribution in [2.24, 2.45) is 11.3 Å². The Balaban J connectivity index is 1.61. The summed E-state index contributed by atoms with van der Waals surface area (Å²) in [6, 6.07) is 0. The molecule has 1 spiro atoms. The highest BCUT2D eigenvalue weighted by Gasteiger charge is 2.48. The maximum Gasteiger partial charge on any atom is 0.317 e. The number of rotatable bonds is 4. The van der Waals surface area contributed by atoms with E-state index in [4.69, 9.17) is 5.11 Å². The van der Waals surface area contributed by atoms with Crippen molar-refractivity contribution in [2.45, 2.75) is 51.4 Å². The predicted octanol–water partition coefficient (Wildman–Crippen LogP) is 1.97. The lowest BCUT2D eigenvalue weighted by Gasteiger charge is -2.41. The Labute approximate surface area is 132 Å². The summed E-state index contributed by atoms with van der Waals surface area (Å²) in [5.74, 6) is 0.195. The second kappa shape index (κ2) is 6.57. The molecule has 2 aliphatic heterocycles. The molecule has 1 aliphatic carbocycles. The topological polar surface area (TPSA) is 60.9 Å². The Hall–Kier alpha value is -1.10. The van der Waals surface area contributed by atoms with Crippen LogP contribution in [0.3, 0.4) is 0 Å². The number of aliphatic carboxylic acids is 1. The highest BCUT2D eigenvalue weighted by Crippen LogP contribution is 2.40. The molecule has 2 saturated heterocycles. The Morgan fingerprint density at radius 2 is 1.91 bits per heavy atom. The van der Waals surface area contributed by atoms with Crippen molar-refractivity contribution in [1.82, 2.24) is 9.80 Å². The number of carboxylic acids is 1. The van der Waals surface area contributed by atoms with Crippen LogP contribution < -0.4 is 0 Å². The van der Waals surface area contributed by atoms with Gasteiger partial charge in [-0.15, -0.1) is 0 Å². The molecule has 0 radical (unpaired) electrons. The van der Waals surface area contributed by atoms with E-state index in [0.717, 1.165) is 38.9 Å². The van der Waals surface area contributed by atoms with Gasteiger partial charge in [-0.05, 0) is 44.6 Å². The van der Waals surface area contributed by atoms with Gasteiger partial charge in [0, 0.05) is 19.6 Å². The lowest BCUT2D eigenvalue weighted by atomic mass is 9.77. The van der Waals surface area contributed by atoms with Gasteiger partial charge < -0.3 is 10.0 Å². The molecule has 1 saturated carbocycles. The monoisotopic (exact) mass is 308 g/mol. The van der Waals surface area contributed by atoms with Crippen molar-refractivity contribution >= 4 is 11.9 Å². The van der Waals surface area contributed by atoms with E-state index >= 15 is 0 Å². The molecule has 3 rings (SSSR count). The third-order valence-corrected chi connectivity index (χ3v) is 5.82. The minimum atomic E-state index is -0.792. The van der Waals surface area contributed by atoms with Crippen LogP contribution in [0.5, 0.6) is 0 Å². The Bertz CT molecular complexity index is 434. The molecule has 124 valence electrons. The van der Waals surface area contributed by atoms with Crippen LogP contribution in [0.2, 0.25) is 0 Å². The van der Waals surface area contributed by atoms with Crippen molar-refractivity contribution in [3.8, 4) is 0 Å². The van der Waals surface area contributed by atoms with Gasteiger partial charge in [-0.1, -0.05) is 19.3 Å². The van der Waals surface area contributed by atoms with Crippen molar-refractivity contribution in [3.63, 3.8) is 0 Å². The van der Waals surface area contributed by atoms with Gasteiger partial charge in [0.25, 0.3) is 0 Å². The van der Waals surface area contributed by atoms with Crippen LogP contribution in [-0.2, 0) is 9.59 Å². The van der Waals surface area contributed by atoms with Gasteiger partial charge in [0.15, 0.2) is 0 Å². The minimum Gasteiger partial charge on any atom is -0.480 e. The SMILES string of the molecule is O=C(O)CN1CC[C@]2(CCCN(CC3CCCCC3)C2=O)C1. The zero-order chi connectivity index (χ0) is 15.6. The maximum absolute atomic E-state index is 13.0. The van der Waals surface area contributed by atoms with Crippen LogP contribution in [0.15, 0.2) is 0 Å². The van der Waals surface area contributed by atoms with Gasteiger partial charge in [-0.3, -0.25) is 14.5 Å². The number of hydrogen-bond acceptors (Lipinski definition) is 3. The van der Waals surface area contributed by atoms with Crippen LogP contribution in [-0.4, -0.2) is 59.5 Å². The number of likely N-dealkylation sites (tertiary alicyclic amines) is 2. The standard InChI is InChI=1S/C17H28N2O3/c20-15(21)12-18-10-8-17(13-18)7-4-9-19(16(17)22)11-14-5-2-1-3-6-14/h14H,1-13H2,(H,20,21)/t17-/m1/s1. The van der Waals surface area contributed by atoms with Gasteiger partial charge in [0.05, 0.1) is 12.0 Å². The average molecular weight is 308 g/mol. The summed E-state index contributed by atoms with van der Waals surface area (Å²) in [5, 5.41) is 8.96. The van der Waals surface area contributed by atoms with E-state index in [1.54, 1.807) is 0 Å². The summed E-state index contributed by atoms with van der Waals surface area (Å²) in [6.07, 6.45) is 9.33. The number of carbonyl (C=O) groups is 2. The predicted molar refractivity (Wildman–Crippen MR) is 83.5 cm³/mol. The van der Waals surface area contributed by atoms with Gasteiger partial charge in [-0.2, -0.15) is 0 Å². The molecule has 1 N–H and O–H groups in total. The molecule has 5 heteroatoms. The molecule has 2 heterocycles. The first-order valence-electron chi connectivity index (χ1n) is 8.83. The fourth-order valence-electron chi connectivity index (χ4n) is 4.67. The smallest absolute Gasteiger partial charge is 0.317 e. The van der Waals surface area contributed by atoms with E-state index in [1.165, 1.54) is 32.1 Å². The molecule has 0 aromatic carbocycles. The van der Waals surface area contributed by atoms with Crippen LogP contribution in [0, 0.1) is 11.3 Å². The molecule has 0 aromatic heterocycles. The van der Waals surface area contributed by atoms with Crippen LogP contribution in [0.4, 0.5) is 0 Å². The van der Waals surface area contributed by atoms with Crippen molar-refractivity contribution in [2.75, 3.05) is 32.7 Å². The van der Waals surface area contributed by atoms with Crippen molar-refractivity contribution in [1.29, 1.82) is 0 Å². The summed E-state index contributed by atoms with van der Waals surface area (Å²) < 4.78 is 0. The van der Waals surface area contributed by atoms with Crippen molar-refractivity contribution in [3.05, 3.63) is 0 Å². The number of piperidine rings is 1. The Morgan fingerprint density at radius 3 is 2.64 bits per heavy atom. The second-order valence-corrected chi connectivity index (χ2v) is 7.49. The van der Waals surface area contributed by atoms with Crippen LogP contribution in [0.25, 0.3) is 0 Å². The third kappa shape index (κ3) is 3.29. The fourth-order valence-corrected chi connectivity index (χ4v) is 4.67. The van der Waals surface area contributed by atoms with Gasteiger partial charge in [0.2, 0.25) is 5.91 Å². The van der Waals surface area contributed by atoms with Crippen LogP contribution in [0.1, 0.15) is 51.4 Å². The summed E-state index contributed by atoms with van der Waals surface area (Å²) >= 11 is 0. The molecular weight excluding hydrogens is 280 g/mol. The van der Waals surface area contributed by atoms with E-state index in [1.807, 2.05) is 4.90 Å². The number of carbonyl (C=O) groups excluding carboxylic acids is 1. The van der Waals surface area contributed by atoms with Crippen LogP contribution >= 0.6 is 0 Å². The van der Waals surface area contributed by atoms with E-state index in [9.17, 15) is 9.59 Å². The molecule has 0 aromatic rings. The highest BCUT2D eigenvalue weighted by atomic mass is 16.4. The van der Waals surface area contributed by atoms with E-state index < -0.39 is 5.97 Å². The third-order valence-electron chi connectivity index (χ3n) is 5.82.